The van der Waals surface area contributed by atoms with Crippen molar-refractivity contribution in [1.29, 1.82) is 0 Å². The quantitative estimate of drug-likeness (QED) is 0.853. The minimum absolute atomic E-state index is 0.0000225. The number of ether oxygens (including phenoxy) is 2. The minimum Gasteiger partial charge on any atom is -0.491 e. The number of rotatable bonds is 5. The average Bonchev–Trinajstić information content (AvgIpc) is 3.20. The zero-order chi connectivity index (χ0) is 19.8. The first kappa shape index (κ1) is 18.3. The smallest absolute Gasteiger partial charge is 0.415 e. The molecule has 3 heterocycles. The summed E-state index contributed by atoms with van der Waals surface area (Å²) in [6.45, 7) is 5.35. The molecule has 8 heteroatoms. The number of imidazole rings is 1. The summed E-state index contributed by atoms with van der Waals surface area (Å²) in [6, 6.07) is 5.86. The highest BCUT2D eigenvalue weighted by Gasteiger charge is 2.35. The summed E-state index contributed by atoms with van der Waals surface area (Å²) >= 11 is 0. The van der Waals surface area contributed by atoms with Crippen molar-refractivity contribution < 1.29 is 19.1 Å². The number of primary amides is 1. The van der Waals surface area contributed by atoms with Crippen LogP contribution in [0.5, 0.6) is 5.75 Å². The summed E-state index contributed by atoms with van der Waals surface area (Å²) in [7, 11) is 0. The van der Waals surface area contributed by atoms with E-state index in [1.807, 2.05) is 42.8 Å². The molecule has 2 aromatic rings. The largest absolute Gasteiger partial charge is 0.491 e. The van der Waals surface area contributed by atoms with Crippen molar-refractivity contribution >= 4 is 17.8 Å². The van der Waals surface area contributed by atoms with Gasteiger partial charge < -0.3 is 19.8 Å². The third-order valence-corrected chi connectivity index (χ3v) is 5.35. The van der Waals surface area contributed by atoms with E-state index in [1.165, 1.54) is 0 Å². The zero-order valence-electron chi connectivity index (χ0n) is 16.1. The molecule has 0 saturated carbocycles. The molecule has 0 bridgehead atoms. The number of nitrogens with zero attached hydrogens (tertiary/aromatic N) is 3. The fraction of sp³-hybridized carbons (Fsp3) is 0.450. The van der Waals surface area contributed by atoms with E-state index in [0.29, 0.717) is 32.0 Å². The molecule has 1 saturated heterocycles. The van der Waals surface area contributed by atoms with Crippen LogP contribution in [-0.2, 0) is 22.5 Å². The van der Waals surface area contributed by atoms with Crippen LogP contribution in [0.2, 0.25) is 0 Å². The van der Waals surface area contributed by atoms with Gasteiger partial charge in [-0.05, 0) is 30.5 Å². The lowest BCUT2D eigenvalue weighted by molar-refractivity contribution is -0.121. The lowest BCUT2D eigenvalue weighted by atomic mass is 9.99. The number of carbonyl (C=O) groups is 2. The molecule has 1 aromatic carbocycles. The first-order valence-corrected chi connectivity index (χ1v) is 9.56. The highest BCUT2D eigenvalue weighted by Crippen LogP contribution is 2.35. The number of nitrogens with two attached hydrogens (primary N) is 1. The number of benzene rings is 1. The molecule has 8 nitrogen and oxygen atoms in total. The van der Waals surface area contributed by atoms with Crippen molar-refractivity contribution in [3.63, 3.8) is 0 Å². The van der Waals surface area contributed by atoms with Gasteiger partial charge in [-0.3, -0.25) is 9.69 Å². The van der Waals surface area contributed by atoms with Crippen LogP contribution in [0.15, 0.2) is 24.4 Å². The fourth-order valence-electron chi connectivity index (χ4n) is 3.65. The van der Waals surface area contributed by atoms with Gasteiger partial charge in [0.05, 0.1) is 18.2 Å². The molecule has 4 rings (SSSR count). The van der Waals surface area contributed by atoms with E-state index >= 15 is 0 Å². The Labute approximate surface area is 163 Å². The Kier molecular flexibility index (Phi) is 4.70. The predicted molar refractivity (Wildman–Crippen MR) is 103 cm³/mol. The minimum atomic E-state index is -0.354. The van der Waals surface area contributed by atoms with Crippen LogP contribution in [0.4, 0.5) is 10.6 Å². The van der Waals surface area contributed by atoms with Crippen molar-refractivity contribution in [2.24, 2.45) is 11.7 Å². The van der Waals surface area contributed by atoms with Gasteiger partial charge in [-0.2, -0.15) is 0 Å². The second kappa shape index (κ2) is 7.18. The highest BCUT2D eigenvalue weighted by atomic mass is 16.6. The molecule has 2 N–H and O–H groups in total. The molecule has 28 heavy (non-hydrogen) atoms. The van der Waals surface area contributed by atoms with Crippen molar-refractivity contribution in [2.45, 2.75) is 39.3 Å². The Morgan fingerprint density at radius 3 is 2.96 bits per heavy atom. The molecule has 1 aromatic heterocycles. The van der Waals surface area contributed by atoms with Gasteiger partial charge in [0.15, 0.2) is 5.82 Å². The molecule has 1 fully saturated rings. The topological polar surface area (TPSA) is 99.7 Å². The summed E-state index contributed by atoms with van der Waals surface area (Å²) in [5, 5.41) is 0. The van der Waals surface area contributed by atoms with Crippen molar-refractivity contribution in [3.05, 3.63) is 30.0 Å². The molecule has 2 aliphatic rings. The van der Waals surface area contributed by atoms with Gasteiger partial charge >= 0.3 is 6.09 Å². The summed E-state index contributed by atoms with van der Waals surface area (Å²) < 4.78 is 13.1. The van der Waals surface area contributed by atoms with E-state index in [1.54, 1.807) is 4.90 Å². The van der Waals surface area contributed by atoms with Crippen molar-refractivity contribution in [3.8, 4) is 17.1 Å². The Morgan fingerprint density at radius 1 is 1.39 bits per heavy atom. The normalized spacial score (nSPS) is 19.3. The van der Waals surface area contributed by atoms with Gasteiger partial charge in [-0.1, -0.05) is 19.9 Å². The van der Waals surface area contributed by atoms with Crippen LogP contribution in [0.1, 0.15) is 25.8 Å². The number of hydrogen-bond donors (Lipinski definition) is 1. The highest BCUT2D eigenvalue weighted by molar-refractivity contribution is 5.89. The number of hydrogen-bond acceptors (Lipinski definition) is 5. The van der Waals surface area contributed by atoms with Crippen LogP contribution in [0, 0.1) is 5.92 Å². The summed E-state index contributed by atoms with van der Waals surface area (Å²) in [4.78, 5) is 29.9. The van der Waals surface area contributed by atoms with Gasteiger partial charge in [0, 0.05) is 12.1 Å². The average molecular weight is 384 g/mol. The number of fused-ring (bicyclic) bond motifs is 3. The Bertz CT molecular complexity index is 923. The Hall–Kier alpha value is -3.03. The second-order valence-electron chi connectivity index (χ2n) is 7.31. The van der Waals surface area contributed by atoms with E-state index in [2.05, 4.69) is 0 Å². The Morgan fingerprint density at radius 2 is 2.21 bits per heavy atom. The fourth-order valence-corrected chi connectivity index (χ4v) is 3.65. The first-order valence-electron chi connectivity index (χ1n) is 9.56. The maximum atomic E-state index is 12.2. The van der Waals surface area contributed by atoms with Gasteiger partial charge in [0.25, 0.3) is 0 Å². The van der Waals surface area contributed by atoms with E-state index in [0.717, 1.165) is 29.1 Å². The van der Waals surface area contributed by atoms with Crippen LogP contribution >= 0.6 is 0 Å². The molecular formula is C20H24N4O4. The van der Waals surface area contributed by atoms with Crippen LogP contribution < -0.4 is 15.4 Å². The van der Waals surface area contributed by atoms with Crippen molar-refractivity contribution in [1.82, 2.24) is 9.55 Å². The van der Waals surface area contributed by atoms with Gasteiger partial charge in [0.1, 0.15) is 24.8 Å². The van der Waals surface area contributed by atoms with Crippen LogP contribution in [-0.4, -0.2) is 40.8 Å². The van der Waals surface area contributed by atoms with E-state index < -0.39 is 0 Å². The Balaban J connectivity index is 1.68. The molecule has 2 aliphatic heterocycles. The van der Waals surface area contributed by atoms with E-state index in [4.69, 9.17) is 20.2 Å². The third-order valence-electron chi connectivity index (χ3n) is 5.35. The molecule has 0 unspecified atom stereocenters. The summed E-state index contributed by atoms with van der Waals surface area (Å²) in [5.74, 6) is 1.51. The predicted octanol–water partition coefficient (Wildman–Crippen LogP) is 2.34. The first-order chi connectivity index (χ1) is 13.5. The molecule has 0 radical (unpaired) electrons. The number of cyclic esters (lactones) is 1. The third kappa shape index (κ3) is 3.19. The summed E-state index contributed by atoms with van der Waals surface area (Å²) in [6.07, 6.45) is 2.89. The second-order valence-corrected chi connectivity index (χ2v) is 7.31. The number of aromatic nitrogens is 2. The lowest BCUT2D eigenvalue weighted by Crippen LogP contribution is -2.33. The molecule has 2 atom stereocenters. The number of carbonyl (C=O) groups excluding carboxylic acids is 2. The molecule has 148 valence electrons. The number of amides is 2. The van der Waals surface area contributed by atoms with E-state index in [-0.39, 0.29) is 24.0 Å². The molecule has 0 aliphatic carbocycles. The molecule has 0 spiro atoms. The van der Waals surface area contributed by atoms with Gasteiger partial charge in [0.2, 0.25) is 5.91 Å². The monoisotopic (exact) mass is 384 g/mol. The van der Waals surface area contributed by atoms with Gasteiger partial charge in [-0.25, -0.2) is 9.78 Å². The van der Waals surface area contributed by atoms with Gasteiger partial charge in [-0.15, -0.1) is 0 Å². The van der Waals surface area contributed by atoms with Crippen molar-refractivity contribution in [2.75, 3.05) is 18.1 Å². The van der Waals surface area contributed by atoms with Crippen LogP contribution in [0.3, 0.4) is 0 Å². The standard InChI is InChI=1S/C20H24N4O4/c1-3-14-11-28-20(26)24(14)17-10-23-6-7-27-16-9-13(8-12(2)18(21)25)4-5-15(16)19(23)22-17/h4-5,9-10,12,14H,3,6-8,11H2,1-2H3,(H2,21,25)/t12-,14-/m1/s1. The summed E-state index contributed by atoms with van der Waals surface area (Å²) in [5.41, 5.74) is 7.23. The number of anilines is 1. The zero-order valence-corrected chi connectivity index (χ0v) is 16.1. The SMILES string of the molecule is CC[C@@H]1COC(=O)N1c1cn2c(n1)-c1ccc(C[C@@H](C)C(N)=O)cc1OCC2. The molecular weight excluding hydrogens is 360 g/mol. The maximum absolute atomic E-state index is 12.2. The lowest BCUT2D eigenvalue weighted by Gasteiger charge is -2.17. The molecule has 2 amide bonds. The maximum Gasteiger partial charge on any atom is 0.415 e. The van der Waals surface area contributed by atoms with Crippen LogP contribution in [0.25, 0.3) is 11.4 Å². The van der Waals surface area contributed by atoms with E-state index in [9.17, 15) is 9.59 Å².